The number of hydrogen-bond donors (Lipinski definition) is 2. The number of carbonyl (C=O) groups excluding carboxylic acids is 3. The molecule has 1 fully saturated rings. The number of nitrogens with one attached hydrogen (secondary N) is 1. The van der Waals surface area contributed by atoms with E-state index in [-0.39, 0.29) is 30.6 Å². The van der Waals surface area contributed by atoms with Crippen LogP contribution in [0.2, 0.25) is 0 Å². The average Bonchev–Trinajstić information content (AvgIpc) is 3.57. The first kappa shape index (κ1) is 28.3. The van der Waals surface area contributed by atoms with Crippen LogP contribution in [-0.2, 0) is 35.1 Å². The van der Waals surface area contributed by atoms with Crippen molar-refractivity contribution in [2.24, 2.45) is 17.8 Å². The van der Waals surface area contributed by atoms with Gasteiger partial charge in [0.2, 0.25) is 6.10 Å². The number of carboxylic acid groups (broad SMARTS) is 1. The molecule has 0 aliphatic heterocycles. The molecule has 9 nitrogen and oxygen atoms in total. The normalized spacial score (nSPS) is 20.7. The van der Waals surface area contributed by atoms with Crippen LogP contribution in [0.5, 0.6) is 0 Å². The Balaban J connectivity index is 2.05. The number of amides is 1. The topological polar surface area (TPSA) is 122 Å². The molecule has 0 bridgehead atoms. The summed E-state index contributed by atoms with van der Waals surface area (Å²) in [5, 5.41) is 12.6. The molecule has 1 amide bonds. The maximum atomic E-state index is 13.0. The Kier molecular flexibility index (Phi) is 9.82. The van der Waals surface area contributed by atoms with Crippen LogP contribution in [0.3, 0.4) is 0 Å². The second-order valence-electron chi connectivity index (χ2n) is 9.96. The molecule has 1 aromatic rings. The molecule has 1 saturated carbocycles. The molecule has 194 valence electrons. The molecule has 0 spiro atoms. The fourth-order valence-electron chi connectivity index (χ4n) is 4.33. The number of carbonyl (C=O) groups is 4. The Hall–Kier alpha value is -2.94. The minimum atomic E-state index is -1.39. The predicted octanol–water partition coefficient (Wildman–Crippen LogP) is 2.28. The Morgan fingerprint density at radius 2 is 1.77 bits per heavy atom. The molecule has 1 aliphatic carbocycles. The van der Waals surface area contributed by atoms with Crippen molar-refractivity contribution in [1.29, 1.82) is 0 Å². The zero-order chi connectivity index (χ0) is 26.3. The minimum Gasteiger partial charge on any atom is -0.478 e. The van der Waals surface area contributed by atoms with Crippen LogP contribution in [0.4, 0.5) is 0 Å². The van der Waals surface area contributed by atoms with Crippen molar-refractivity contribution in [2.75, 3.05) is 20.7 Å². The number of ether oxygens (including phenoxy) is 2. The summed E-state index contributed by atoms with van der Waals surface area (Å²) in [5.74, 6) is -2.69. The van der Waals surface area contributed by atoms with Crippen molar-refractivity contribution < 1.29 is 33.8 Å². The standard InChI is InChI=1S/C26H38N2O7/c1-16(2)12-20(24(32)35-21(23(30)31)13-18-10-8-7-9-11-18)28(6)22(29)15-34-25(33)26(27-5)14-19(26)17(3)4/h7-11,16-17,19-21,27H,12-15H2,1-6H3,(H,30,31)/t19-,20-,21+,26?/m0/s1. The number of likely N-dealkylation sites (N-methyl/N-ethyl adjacent to an activating group) is 2. The summed E-state index contributed by atoms with van der Waals surface area (Å²) in [6.07, 6.45) is -0.471. The van der Waals surface area contributed by atoms with Crippen LogP contribution in [0, 0.1) is 17.8 Å². The van der Waals surface area contributed by atoms with E-state index in [0.717, 1.165) is 0 Å². The molecule has 1 aliphatic rings. The summed E-state index contributed by atoms with van der Waals surface area (Å²) < 4.78 is 10.7. The van der Waals surface area contributed by atoms with E-state index in [0.29, 0.717) is 12.0 Å². The Labute approximate surface area is 207 Å². The van der Waals surface area contributed by atoms with Crippen LogP contribution in [0.1, 0.15) is 46.1 Å². The molecule has 4 atom stereocenters. The Bertz CT molecular complexity index is 902. The predicted molar refractivity (Wildman–Crippen MR) is 129 cm³/mol. The molecule has 0 heterocycles. The fourth-order valence-corrected chi connectivity index (χ4v) is 4.33. The molecule has 0 saturated heterocycles. The maximum absolute atomic E-state index is 13.0. The molecule has 1 unspecified atom stereocenters. The number of carboxylic acids is 1. The third kappa shape index (κ3) is 7.27. The highest BCUT2D eigenvalue weighted by atomic mass is 16.6. The lowest BCUT2D eigenvalue weighted by Crippen LogP contribution is -2.48. The first-order valence-corrected chi connectivity index (χ1v) is 12.0. The molecule has 35 heavy (non-hydrogen) atoms. The molecule has 1 aromatic carbocycles. The average molecular weight is 491 g/mol. The van der Waals surface area contributed by atoms with Gasteiger partial charge in [-0.05, 0) is 43.2 Å². The quantitative estimate of drug-likeness (QED) is 0.404. The van der Waals surface area contributed by atoms with E-state index in [2.05, 4.69) is 5.32 Å². The highest BCUT2D eigenvalue weighted by molar-refractivity contribution is 5.90. The van der Waals surface area contributed by atoms with Crippen molar-refractivity contribution in [3.8, 4) is 0 Å². The first-order chi connectivity index (χ1) is 16.4. The number of aliphatic carboxylic acids is 1. The largest absolute Gasteiger partial charge is 0.478 e. The highest BCUT2D eigenvalue weighted by Crippen LogP contribution is 2.48. The van der Waals surface area contributed by atoms with E-state index in [1.807, 2.05) is 33.8 Å². The van der Waals surface area contributed by atoms with Crippen LogP contribution in [0.15, 0.2) is 30.3 Å². The van der Waals surface area contributed by atoms with Crippen LogP contribution in [0.25, 0.3) is 0 Å². The minimum absolute atomic E-state index is 0.00863. The number of benzene rings is 1. The van der Waals surface area contributed by atoms with Gasteiger partial charge in [0.1, 0.15) is 11.6 Å². The summed E-state index contributed by atoms with van der Waals surface area (Å²) in [6, 6.07) is 7.84. The number of nitrogens with zero attached hydrogens (tertiary/aromatic N) is 1. The summed E-state index contributed by atoms with van der Waals surface area (Å²) in [5.41, 5.74) is -0.0715. The number of hydrogen-bond acceptors (Lipinski definition) is 7. The maximum Gasteiger partial charge on any atom is 0.345 e. The highest BCUT2D eigenvalue weighted by Gasteiger charge is 2.61. The Morgan fingerprint density at radius 3 is 2.26 bits per heavy atom. The van der Waals surface area contributed by atoms with Gasteiger partial charge in [0.05, 0.1) is 0 Å². The van der Waals surface area contributed by atoms with Gasteiger partial charge in [0.25, 0.3) is 5.91 Å². The van der Waals surface area contributed by atoms with Crippen molar-refractivity contribution in [2.45, 2.75) is 64.6 Å². The SMILES string of the molecule is CNC1(C(=O)OCC(=O)N(C)[C@@H](CC(C)C)C(=O)O[C@H](Cc2ccccc2)C(=O)O)C[C@H]1C(C)C. The smallest absolute Gasteiger partial charge is 0.345 e. The lowest BCUT2D eigenvalue weighted by Gasteiger charge is -2.29. The summed E-state index contributed by atoms with van der Waals surface area (Å²) in [4.78, 5) is 51.4. The van der Waals surface area contributed by atoms with Gasteiger partial charge >= 0.3 is 17.9 Å². The van der Waals surface area contributed by atoms with E-state index in [9.17, 15) is 24.3 Å². The fraction of sp³-hybridized carbons (Fsp3) is 0.615. The van der Waals surface area contributed by atoms with Gasteiger partial charge in [-0.1, -0.05) is 58.0 Å². The second kappa shape index (κ2) is 12.2. The molecule has 0 aromatic heterocycles. The molecular weight excluding hydrogens is 452 g/mol. The van der Waals surface area contributed by atoms with Crippen molar-refractivity contribution in [3.63, 3.8) is 0 Å². The van der Waals surface area contributed by atoms with Crippen LogP contribution < -0.4 is 5.32 Å². The monoisotopic (exact) mass is 490 g/mol. The molecule has 2 rings (SSSR count). The molecule has 9 heteroatoms. The van der Waals surface area contributed by atoms with Crippen LogP contribution in [-0.4, -0.2) is 72.2 Å². The van der Waals surface area contributed by atoms with E-state index in [4.69, 9.17) is 9.47 Å². The molecular formula is C26H38N2O7. The number of rotatable bonds is 13. The number of esters is 2. The van der Waals surface area contributed by atoms with Gasteiger partial charge < -0.3 is 24.8 Å². The summed E-state index contributed by atoms with van der Waals surface area (Å²) in [6.45, 7) is 7.30. The van der Waals surface area contributed by atoms with Crippen molar-refractivity contribution >= 4 is 23.8 Å². The van der Waals surface area contributed by atoms with Crippen molar-refractivity contribution in [1.82, 2.24) is 10.2 Å². The molecule has 2 N–H and O–H groups in total. The zero-order valence-electron chi connectivity index (χ0n) is 21.4. The van der Waals surface area contributed by atoms with E-state index in [1.165, 1.54) is 11.9 Å². The Morgan fingerprint density at radius 1 is 1.14 bits per heavy atom. The third-order valence-electron chi connectivity index (χ3n) is 6.58. The van der Waals surface area contributed by atoms with E-state index < -0.39 is 48.1 Å². The third-order valence-corrected chi connectivity index (χ3v) is 6.58. The van der Waals surface area contributed by atoms with Gasteiger partial charge in [-0.3, -0.25) is 9.59 Å². The van der Waals surface area contributed by atoms with Gasteiger partial charge in [0.15, 0.2) is 6.61 Å². The summed E-state index contributed by atoms with van der Waals surface area (Å²) in [7, 11) is 3.12. The zero-order valence-corrected chi connectivity index (χ0v) is 21.4. The van der Waals surface area contributed by atoms with E-state index >= 15 is 0 Å². The lowest BCUT2D eigenvalue weighted by atomic mass is 10.0. The first-order valence-electron chi connectivity index (χ1n) is 12.0. The second-order valence-corrected chi connectivity index (χ2v) is 9.96. The molecule has 0 radical (unpaired) electrons. The van der Waals surface area contributed by atoms with Gasteiger partial charge in [-0.15, -0.1) is 0 Å². The van der Waals surface area contributed by atoms with E-state index in [1.54, 1.807) is 31.3 Å². The van der Waals surface area contributed by atoms with Crippen molar-refractivity contribution in [3.05, 3.63) is 35.9 Å². The lowest BCUT2D eigenvalue weighted by molar-refractivity contribution is -0.170. The van der Waals surface area contributed by atoms with Crippen LogP contribution >= 0.6 is 0 Å². The summed E-state index contributed by atoms with van der Waals surface area (Å²) >= 11 is 0. The van der Waals surface area contributed by atoms with Gasteiger partial charge in [-0.2, -0.15) is 0 Å². The van der Waals surface area contributed by atoms with Gasteiger partial charge in [-0.25, -0.2) is 9.59 Å². The van der Waals surface area contributed by atoms with Gasteiger partial charge in [0, 0.05) is 13.5 Å².